The van der Waals surface area contributed by atoms with Gasteiger partial charge in [-0.15, -0.1) is 0 Å². The molecule has 0 aliphatic carbocycles. The molecular weight excluding hydrogens is 517 g/mol. The Labute approximate surface area is 202 Å². The van der Waals surface area contributed by atoms with Crippen LogP contribution in [0.25, 0.3) is 0 Å². The number of carbonyl (C=O) groups excluding carboxylic acids is 1. The van der Waals surface area contributed by atoms with Crippen molar-refractivity contribution in [2.75, 3.05) is 26.2 Å². The maximum Gasteiger partial charge on any atom is 0.257 e. The molecule has 3 aromatic carbocycles. The maximum absolute atomic E-state index is 12.6. The third kappa shape index (κ3) is 5.50. The van der Waals surface area contributed by atoms with Gasteiger partial charge in [0.25, 0.3) is 5.91 Å². The lowest BCUT2D eigenvalue weighted by atomic mass is 9.96. The molecule has 1 fully saturated rings. The van der Waals surface area contributed by atoms with Crippen molar-refractivity contribution < 1.29 is 4.79 Å². The van der Waals surface area contributed by atoms with E-state index < -0.39 is 0 Å². The van der Waals surface area contributed by atoms with Gasteiger partial charge in [-0.05, 0) is 64.1 Å². The Morgan fingerprint density at radius 2 is 1.42 bits per heavy atom. The van der Waals surface area contributed by atoms with Crippen molar-refractivity contribution in [3.63, 3.8) is 0 Å². The van der Waals surface area contributed by atoms with E-state index in [9.17, 15) is 4.79 Å². The predicted molar refractivity (Wildman–Crippen MR) is 137 cm³/mol. The molecule has 3 aromatic rings. The van der Waals surface area contributed by atoms with Crippen LogP contribution in [-0.4, -0.2) is 47.0 Å². The summed E-state index contributed by atoms with van der Waals surface area (Å²) >= 11 is 7.75. The van der Waals surface area contributed by atoms with Gasteiger partial charge in [-0.25, -0.2) is 0 Å². The van der Waals surface area contributed by atoms with Crippen molar-refractivity contribution in [2.24, 2.45) is 0 Å². The zero-order valence-electron chi connectivity index (χ0n) is 17.1. The maximum atomic E-state index is 12.6. The number of halogens is 1. The van der Waals surface area contributed by atoms with E-state index in [4.69, 9.17) is 12.2 Å². The Hall–Kier alpha value is -2.29. The minimum atomic E-state index is -0.155. The van der Waals surface area contributed by atoms with Gasteiger partial charge in [0.05, 0.1) is 6.04 Å². The molecule has 1 heterocycles. The molecule has 0 bridgehead atoms. The van der Waals surface area contributed by atoms with Crippen LogP contribution < -0.4 is 5.32 Å². The lowest BCUT2D eigenvalue weighted by Crippen LogP contribution is -2.53. The molecule has 0 unspecified atom stereocenters. The van der Waals surface area contributed by atoms with Crippen LogP contribution in [0.1, 0.15) is 27.5 Å². The summed E-state index contributed by atoms with van der Waals surface area (Å²) in [5.74, 6) is -0.155. The van der Waals surface area contributed by atoms with Gasteiger partial charge in [0.2, 0.25) is 0 Å². The number of rotatable bonds is 4. The first-order valence-corrected chi connectivity index (χ1v) is 11.8. The van der Waals surface area contributed by atoms with E-state index in [1.54, 1.807) is 0 Å². The number of piperazine rings is 1. The molecule has 1 aliphatic heterocycles. The van der Waals surface area contributed by atoms with Crippen LogP contribution in [0.3, 0.4) is 0 Å². The highest BCUT2D eigenvalue weighted by atomic mass is 127. The number of hydrogen-bond donors (Lipinski definition) is 1. The number of nitrogens with one attached hydrogen (secondary N) is 1. The highest BCUT2D eigenvalue weighted by molar-refractivity contribution is 14.1. The average Bonchev–Trinajstić information content (AvgIpc) is 2.81. The number of nitrogens with zero attached hydrogens (tertiary/aromatic N) is 2. The quantitative estimate of drug-likeness (QED) is 0.384. The molecule has 4 nitrogen and oxygen atoms in total. The van der Waals surface area contributed by atoms with E-state index in [0.717, 1.165) is 29.7 Å². The first-order valence-electron chi connectivity index (χ1n) is 10.3. The van der Waals surface area contributed by atoms with E-state index in [-0.39, 0.29) is 11.9 Å². The third-order valence-corrected chi connectivity index (χ3v) is 6.54. The Morgan fingerprint density at radius 1 is 0.839 bits per heavy atom. The smallest absolute Gasteiger partial charge is 0.257 e. The van der Waals surface area contributed by atoms with Gasteiger partial charge < -0.3 is 4.90 Å². The molecule has 158 valence electrons. The van der Waals surface area contributed by atoms with Crippen LogP contribution in [-0.2, 0) is 0 Å². The summed E-state index contributed by atoms with van der Waals surface area (Å²) in [6.45, 7) is 3.30. The van der Waals surface area contributed by atoms with Crippen molar-refractivity contribution in [3.05, 3.63) is 105 Å². The van der Waals surface area contributed by atoms with E-state index in [1.165, 1.54) is 11.1 Å². The number of hydrogen-bond acceptors (Lipinski definition) is 3. The standard InChI is InChI=1S/C25H24IN3OS/c26-22-13-7-12-21(18-22)24(30)27-25(31)29-16-14-28(15-17-29)23(19-8-3-1-4-9-19)20-10-5-2-6-11-20/h1-13,18,23H,14-17H2,(H,27,30,31). The minimum Gasteiger partial charge on any atom is -0.346 e. The molecule has 31 heavy (non-hydrogen) atoms. The van der Waals surface area contributed by atoms with Crippen molar-refractivity contribution in [1.82, 2.24) is 15.1 Å². The summed E-state index contributed by atoms with van der Waals surface area (Å²) < 4.78 is 1.03. The van der Waals surface area contributed by atoms with Gasteiger partial charge in [0.1, 0.15) is 0 Å². The SMILES string of the molecule is O=C(NC(=S)N1CCN(C(c2ccccc2)c2ccccc2)CC1)c1cccc(I)c1. The van der Waals surface area contributed by atoms with Crippen molar-refractivity contribution >= 4 is 45.8 Å². The largest absolute Gasteiger partial charge is 0.346 e. The van der Waals surface area contributed by atoms with E-state index in [1.807, 2.05) is 24.3 Å². The van der Waals surface area contributed by atoms with Crippen LogP contribution in [0.4, 0.5) is 0 Å². The van der Waals surface area contributed by atoms with E-state index >= 15 is 0 Å². The summed E-state index contributed by atoms with van der Waals surface area (Å²) in [5.41, 5.74) is 3.20. The van der Waals surface area contributed by atoms with Crippen molar-refractivity contribution in [1.29, 1.82) is 0 Å². The van der Waals surface area contributed by atoms with Gasteiger partial charge in [0.15, 0.2) is 5.11 Å². The zero-order valence-corrected chi connectivity index (χ0v) is 20.1. The summed E-state index contributed by atoms with van der Waals surface area (Å²) in [5, 5.41) is 3.40. The second-order valence-corrected chi connectivity index (χ2v) is 9.15. The Balaban J connectivity index is 1.42. The second-order valence-electron chi connectivity index (χ2n) is 7.52. The van der Waals surface area contributed by atoms with Crippen LogP contribution in [0.2, 0.25) is 0 Å². The normalized spacial score (nSPS) is 14.5. The average molecular weight is 541 g/mol. The fraction of sp³-hybridized carbons (Fsp3) is 0.200. The Morgan fingerprint density at radius 3 is 1.97 bits per heavy atom. The molecule has 0 spiro atoms. The molecule has 4 rings (SSSR count). The monoisotopic (exact) mass is 541 g/mol. The number of thiocarbonyl (C=S) groups is 1. The van der Waals surface area contributed by atoms with Crippen LogP contribution in [0.5, 0.6) is 0 Å². The first kappa shape index (κ1) is 21.9. The topological polar surface area (TPSA) is 35.6 Å². The number of benzene rings is 3. The first-order chi connectivity index (χ1) is 15.1. The molecule has 1 N–H and O–H groups in total. The Kier molecular flexibility index (Phi) is 7.32. The lowest BCUT2D eigenvalue weighted by Gasteiger charge is -2.40. The fourth-order valence-corrected chi connectivity index (χ4v) is 4.76. The van der Waals surface area contributed by atoms with Crippen LogP contribution in [0, 0.1) is 3.57 Å². The predicted octanol–water partition coefficient (Wildman–Crippen LogP) is 4.71. The summed E-state index contributed by atoms with van der Waals surface area (Å²) in [6.07, 6.45) is 0. The molecule has 1 aliphatic rings. The fourth-order valence-electron chi connectivity index (χ4n) is 3.95. The highest BCUT2D eigenvalue weighted by Crippen LogP contribution is 2.29. The van der Waals surface area contributed by atoms with Gasteiger partial charge in [-0.3, -0.25) is 15.0 Å². The summed E-state index contributed by atoms with van der Waals surface area (Å²) in [4.78, 5) is 17.1. The van der Waals surface area contributed by atoms with Gasteiger partial charge in [-0.2, -0.15) is 0 Å². The van der Waals surface area contributed by atoms with E-state index in [2.05, 4.69) is 98.4 Å². The van der Waals surface area contributed by atoms with Crippen molar-refractivity contribution in [2.45, 2.75) is 6.04 Å². The molecule has 0 aromatic heterocycles. The molecule has 6 heteroatoms. The molecule has 1 amide bonds. The molecular formula is C25H24IN3OS. The minimum absolute atomic E-state index is 0.155. The van der Waals surface area contributed by atoms with Gasteiger partial charge in [-0.1, -0.05) is 66.7 Å². The third-order valence-electron chi connectivity index (χ3n) is 5.50. The Bertz CT molecular complexity index is 997. The van der Waals surface area contributed by atoms with Crippen LogP contribution in [0.15, 0.2) is 84.9 Å². The zero-order chi connectivity index (χ0) is 21.6. The molecule has 0 saturated carbocycles. The summed E-state index contributed by atoms with van der Waals surface area (Å²) in [7, 11) is 0. The molecule has 0 atom stereocenters. The van der Waals surface area contributed by atoms with Crippen molar-refractivity contribution in [3.8, 4) is 0 Å². The lowest BCUT2D eigenvalue weighted by molar-refractivity contribution is 0.0967. The molecule has 1 saturated heterocycles. The van der Waals surface area contributed by atoms with Crippen LogP contribution >= 0.6 is 34.8 Å². The number of carbonyl (C=O) groups is 1. The van der Waals surface area contributed by atoms with Gasteiger partial charge in [0, 0.05) is 35.3 Å². The molecule has 0 radical (unpaired) electrons. The number of amides is 1. The highest BCUT2D eigenvalue weighted by Gasteiger charge is 2.27. The van der Waals surface area contributed by atoms with Gasteiger partial charge >= 0.3 is 0 Å². The van der Waals surface area contributed by atoms with E-state index in [0.29, 0.717) is 10.7 Å². The summed E-state index contributed by atoms with van der Waals surface area (Å²) in [6, 6.07) is 29.0. The second kappa shape index (κ2) is 10.3.